The molecule has 0 fully saturated rings. The van der Waals surface area contributed by atoms with Crippen LogP contribution in [0.4, 0.5) is 5.13 Å². The van der Waals surface area contributed by atoms with Gasteiger partial charge in [0, 0.05) is 5.38 Å². The van der Waals surface area contributed by atoms with E-state index in [1.165, 1.54) is 0 Å². The minimum Gasteiger partial charge on any atom is -0.731 e. The minimum atomic E-state index is -4.43. The summed E-state index contributed by atoms with van der Waals surface area (Å²) in [5.41, 5.74) is 0.804. The van der Waals surface area contributed by atoms with E-state index < -0.39 is 10.3 Å². The van der Waals surface area contributed by atoms with Crippen LogP contribution in [-0.4, -0.2) is 18.0 Å². The molecule has 8 heteroatoms. The second kappa shape index (κ2) is 6.04. The molecule has 0 amide bonds. The third-order valence-corrected chi connectivity index (χ3v) is 2.65. The summed E-state index contributed by atoms with van der Waals surface area (Å²) in [6, 6.07) is 0. The van der Waals surface area contributed by atoms with Crippen LogP contribution >= 0.6 is 11.3 Å². The Labute approximate surface area is 109 Å². The zero-order chi connectivity index (χ0) is 9.90. The van der Waals surface area contributed by atoms with E-state index in [0.29, 0.717) is 0 Å². The van der Waals surface area contributed by atoms with Crippen molar-refractivity contribution in [1.29, 1.82) is 0 Å². The molecule has 0 aliphatic heterocycles. The number of thiazole rings is 1. The van der Waals surface area contributed by atoms with Gasteiger partial charge in [0.15, 0.2) is 15.4 Å². The molecule has 1 heterocycles. The molecule has 74 valence electrons. The van der Waals surface area contributed by atoms with Gasteiger partial charge in [0.2, 0.25) is 0 Å². The third kappa shape index (κ3) is 5.28. The standard InChI is InChI=1S/C6H10N2O3S2.Na/c1-2-3-5-4-12-6(7-5)8-13(9,10)11;/h4H,2-3H2,1H3,(H,7,8)(H,9,10,11);/q;+1/p-1. The first-order valence-corrected chi connectivity index (χ1v) is 5.98. The second-order valence-corrected chi connectivity index (χ2v) is 4.42. The predicted molar refractivity (Wildman–Crippen MR) is 49.4 cm³/mol. The molecule has 1 aromatic rings. The van der Waals surface area contributed by atoms with E-state index in [0.717, 1.165) is 29.9 Å². The van der Waals surface area contributed by atoms with Crippen LogP contribution in [0, 0.1) is 0 Å². The van der Waals surface area contributed by atoms with Crippen molar-refractivity contribution in [2.45, 2.75) is 19.8 Å². The maximum Gasteiger partial charge on any atom is 1.00 e. The average Bonchev–Trinajstić information content (AvgIpc) is 2.33. The number of aromatic nitrogens is 1. The Morgan fingerprint density at radius 2 is 2.29 bits per heavy atom. The van der Waals surface area contributed by atoms with Crippen LogP contribution in [0.25, 0.3) is 0 Å². The summed E-state index contributed by atoms with van der Waals surface area (Å²) >= 11 is 1.11. The predicted octanol–water partition coefficient (Wildman–Crippen LogP) is -2.03. The van der Waals surface area contributed by atoms with Crippen molar-refractivity contribution in [1.82, 2.24) is 4.98 Å². The van der Waals surface area contributed by atoms with Gasteiger partial charge in [0.05, 0.1) is 5.69 Å². The molecule has 0 unspecified atom stereocenters. The Balaban J connectivity index is 0.00000169. The fourth-order valence-electron chi connectivity index (χ4n) is 0.832. The van der Waals surface area contributed by atoms with Gasteiger partial charge in [0.25, 0.3) is 0 Å². The van der Waals surface area contributed by atoms with Gasteiger partial charge >= 0.3 is 29.6 Å². The average molecular weight is 244 g/mol. The molecule has 0 atom stereocenters. The number of nitrogens with one attached hydrogen (secondary N) is 1. The van der Waals surface area contributed by atoms with E-state index in [4.69, 9.17) is 0 Å². The smallest absolute Gasteiger partial charge is 0.731 e. The van der Waals surface area contributed by atoms with Crippen molar-refractivity contribution in [3.8, 4) is 0 Å². The molecule has 1 rings (SSSR count). The molecule has 0 saturated carbocycles. The maximum absolute atomic E-state index is 10.3. The normalized spacial score (nSPS) is 10.7. The van der Waals surface area contributed by atoms with Crippen molar-refractivity contribution in [3.63, 3.8) is 0 Å². The van der Waals surface area contributed by atoms with Gasteiger partial charge in [0.1, 0.15) is 0 Å². The zero-order valence-electron chi connectivity index (χ0n) is 7.98. The van der Waals surface area contributed by atoms with Gasteiger partial charge in [-0.05, 0) is 6.42 Å². The minimum absolute atomic E-state index is 0. The van der Waals surface area contributed by atoms with Gasteiger partial charge in [-0.3, -0.25) is 4.72 Å². The number of hydrogen-bond acceptors (Lipinski definition) is 5. The summed E-state index contributed by atoms with van der Waals surface area (Å²) < 4.78 is 32.6. The fraction of sp³-hybridized carbons (Fsp3) is 0.500. The molecule has 1 N–H and O–H groups in total. The number of rotatable bonds is 4. The van der Waals surface area contributed by atoms with Crippen molar-refractivity contribution in [3.05, 3.63) is 11.1 Å². The first-order valence-electron chi connectivity index (χ1n) is 3.69. The van der Waals surface area contributed by atoms with Crippen LogP contribution in [0.3, 0.4) is 0 Å². The zero-order valence-corrected chi connectivity index (χ0v) is 11.6. The van der Waals surface area contributed by atoms with Crippen LogP contribution in [0.15, 0.2) is 5.38 Å². The molecule has 1 aromatic heterocycles. The molecular formula is C6H9N2NaO3S2. The molecule has 5 nitrogen and oxygen atoms in total. The Morgan fingerprint density at radius 3 is 2.79 bits per heavy atom. The first kappa shape index (κ1) is 14.3. The summed E-state index contributed by atoms with van der Waals surface area (Å²) in [5, 5.41) is 1.87. The summed E-state index contributed by atoms with van der Waals surface area (Å²) in [7, 11) is -4.43. The number of anilines is 1. The topological polar surface area (TPSA) is 82.1 Å². The SMILES string of the molecule is CCCc1csc(NS(=O)(=O)[O-])n1.[Na+]. The summed E-state index contributed by atoms with van der Waals surface area (Å²) in [4.78, 5) is 3.91. The van der Waals surface area contributed by atoms with Crippen molar-refractivity contribution in [2.24, 2.45) is 0 Å². The summed E-state index contributed by atoms with van der Waals surface area (Å²) in [5.74, 6) is 0. The molecule has 14 heavy (non-hydrogen) atoms. The molecule has 0 spiro atoms. The van der Waals surface area contributed by atoms with E-state index in [-0.39, 0.29) is 34.7 Å². The second-order valence-electron chi connectivity index (χ2n) is 2.45. The van der Waals surface area contributed by atoms with Crippen molar-refractivity contribution in [2.75, 3.05) is 4.72 Å². The molecular weight excluding hydrogens is 235 g/mol. The van der Waals surface area contributed by atoms with Crippen molar-refractivity contribution < 1.29 is 42.5 Å². The molecule has 0 saturated heterocycles. The van der Waals surface area contributed by atoms with Gasteiger partial charge in [-0.1, -0.05) is 13.3 Å². The summed E-state index contributed by atoms with van der Waals surface area (Å²) in [6.45, 7) is 2.00. The monoisotopic (exact) mass is 244 g/mol. The molecule has 0 aromatic carbocycles. The third-order valence-electron chi connectivity index (χ3n) is 1.27. The van der Waals surface area contributed by atoms with E-state index in [2.05, 4.69) is 4.98 Å². The Kier molecular flexibility index (Phi) is 6.19. The fourth-order valence-corrected chi connectivity index (χ4v) is 2.18. The Hall–Kier alpha value is 0.340. The quantitative estimate of drug-likeness (QED) is 0.489. The number of nitrogens with zero attached hydrogens (tertiary/aromatic N) is 1. The van der Waals surface area contributed by atoms with Crippen LogP contribution in [0.5, 0.6) is 0 Å². The Morgan fingerprint density at radius 1 is 1.64 bits per heavy atom. The maximum atomic E-state index is 10.3. The van der Waals surface area contributed by atoms with E-state index in [1.54, 1.807) is 10.1 Å². The summed E-state index contributed by atoms with van der Waals surface area (Å²) in [6.07, 6.45) is 1.73. The number of hydrogen-bond donors (Lipinski definition) is 1. The largest absolute Gasteiger partial charge is 1.00 e. The Bertz CT molecular complexity index is 376. The van der Waals surface area contributed by atoms with Gasteiger partial charge < -0.3 is 4.55 Å². The van der Waals surface area contributed by atoms with E-state index in [9.17, 15) is 13.0 Å². The van der Waals surface area contributed by atoms with Crippen LogP contribution in [0.1, 0.15) is 19.0 Å². The van der Waals surface area contributed by atoms with Crippen LogP contribution < -0.4 is 34.3 Å². The van der Waals surface area contributed by atoms with Gasteiger partial charge in [-0.2, -0.15) is 0 Å². The van der Waals surface area contributed by atoms with Crippen LogP contribution in [-0.2, 0) is 16.7 Å². The number of aryl methyl sites for hydroxylation is 1. The van der Waals surface area contributed by atoms with E-state index >= 15 is 0 Å². The van der Waals surface area contributed by atoms with Crippen molar-refractivity contribution >= 4 is 26.8 Å². The molecule has 0 bridgehead atoms. The van der Waals surface area contributed by atoms with Gasteiger partial charge in [-0.25, -0.2) is 13.4 Å². The molecule has 0 aliphatic rings. The van der Waals surface area contributed by atoms with E-state index in [1.807, 2.05) is 6.92 Å². The molecule has 0 radical (unpaired) electrons. The van der Waals surface area contributed by atoms with Gasteiger partial charge in [-0.15, -0.1) is 11.3 Å². The molecule has 0 aliphatic carbocycles. The first-order chi connectivity index (χ1) is 6.01. The van der Waals surface area contributed by atoms with Crippen LogP contribution in [0.2, 0.25) is 0 Å².